The van der Waals surface area contributed by atoms with Gasteiger partial charge in [0, 0.05) is 34.5 Å². The number of nitrogens with one attached hydrogen (secondary N) is 1. The van der Waals surface area contributed by atoms with Gasteiger partial charge in [-0.1, -0.05) is 24.3 Å². The minimum absolute atomic E-state index is 0.221. The van der Waals surface area contributed by atoms with Crippen molar-refractivity contribution >= 4 is 40.4 Å². The van der Waals surface area contributed by atoms with Gasteiger partial charge in [0.1, 0.15) is 0 Å². The fourth-order valence-corrected chi connectivity index (χ4v) is 2.26. The molecule has 0 spiro atoms. The molecule has 2 aromatic rings. The van der Waals surface area contributed by atoms with Crippen LogP contribution in [0.1, 0.15) is 15.9 Å². The minimum atomic E-state index is -0.221. The Morgan fingerprint density at radius 1 is 1.19 bits per heavy atom. The van der Waals surface area contributed by atoms with E-state index in [1.54, 1.807) is 12.3 Å². The molecule has 0 saturated heterocycles. The SMILES string of the molecule is CN(C)c1cccc(C(=O)N/N=C\c2ccccc2I)c1. The van der Waals surface area contributed by atoms with Crippen molar-refractivity contribution in [3.8, 4) is 0 Å². The van der Waals surface area contributed by atoms with Crippen molar-refractivity contribution in [1.82, 2.24) is 5.43 Å². The van der Waals surface area contributed by atoms with Crippen LogP contribution in [-0.2, 0) is 0 Å². The summed E-state index contributed by atoms with van der Waals surface area (Å²) in [6.07, 6.45) is 1.65. The van der Waals surface area contributed by atoms with Crippen LogP contribution in [-0.4, -0.2) is 26.2 Å². The van der Waals surface area contributed by atoms with Gasteiger partial charge in [-0.15, -0.1) is 0 Å². The Morgan fingerprint density at radius 3 is 2.67 bits per heavy atom. The van der Waals surface area contributed by atoms with E-state index >= 15 is 0 Å². The minimum Gasteiger partial charge on any atom is -0.378 e. The molecule has 21 heavy (non-hydrogen) atoms. The van der Waals surface area contributed by atoms with Crippen molar-refractivity contribution in [1.29, 1.82) is 0 Å². The maximum atomic E-state index is 12.0. The van der Waals surface area contributed by atoms with Gasteiger partial charge in [0.25, 0.3) is 5.91 Å². The van der Waals surface area contributed by atoms with Gasteiger partial charge < -0.3 is 4.90 Å². The zero-order chi connectivity index (χ0) is 15.2. The molecule has 5 heteroatoms. The average Bonchev–Trinajstić information content (AvgIpc) is 2.49. The summed E-state index contributed by atoms with van der Waals surface area (Å²) in [5.74, 6) is -0.221. The number of hydrogen-bond donors (Lipinski definition) is 1. The molecule has 1 N–H and O–H groups in total. The molecule has 1 amide bonds. The van der Waals surface area contributed by atoms with Crippen LogP contribution in [0.5, 0.6) is 0 Å². The van der Waals surface area contributed by atoms with Crippen LogP contribution in [0.3, 0.4) is 0 Å². The lowest BCUT2D eigenvalue weighted by Gasteiger charge is -2.12. The van der Waals surface area contributed by atoms with Crippen molar-refractivity contribution in [3.63, 3.8) is 0 Å². The summed E-state index contributed by atoms with van der Waals surface area (Å²) in [6, 6.07) is 15.2. The van der Waals surface area contributed by atoms with E-state index in [-0.39, 0.29) is 5.91 Å². The Kier molecular flexibility index (Phi) is 5.32. The monoisotopic (exact) mass is 393 g/mol. The normalized spacial score (nSPS) is 10.6. The zero-order valence-electron chi connectivity index (χ0n) is 11.9. The number of rotatable bonds is 4. The Bertz CT molecular complexity index is 668. The third kappa shape index (κ3) is 4.29. The first-order valence-electron chi connectivity index (χ1n) is 6.43. The summed E-state index contributed by atoms with van der Waals surface area (Å²) in [6.45, 7) is 0. The smallest absolute Gasteiger partial charge is 0.271 e. The Hall–Kier alpha value is -1.89. The van der Waals surface area contributed by atoms with Gasteiger partial charge in [-0.25, -0.2) is 5.43 Å². The Labute approximate surface area is 138 Å². The van der Waals surface area contributed by atoms with Crippen molar-refractivity contribution in [2.75, 3.05) is 19.0 Å². The quantitative estimate of drug-likeness (QED) is 0.493. The van der Waals surface area contributed by atoms with Crippen LogP contribution in [0.2, 0.25) is 0 Å². The fraction of sp³-hybridized carbons (Fsp3) is 0.125. The van der Waals surface area contributed by atoms with E-state index in [0.717, 1.165) is 14.8 Å². The topological polar surface area (TPSA) is 44.7 Å². The third-order valence-electron chi connectivity index (χ3n) is 2.90. The lowest BCUT2D eigenvalue weighted by Crippen LogP contribution is -2.18. The second kappa shape index (κ2) is 7.21. The molecule has 4 nitrogen and oxygen atoms in total. The molecule has 0 aromatic heterocycles. The summed E-state index contributed by atoms with van der Waals surface area (Å²) in [7, 11) is 3.87. The molecule has 2 aromatic carbocycles. The van der Waals surface area contributed by atoms with E-state index in [1.807, 2.05) is 61.5 Å². The molecular weight excluding hydrogens is 377 g/mol. The molecule has 0 aliphatic rings. The number of carbonyl (C=O) groups is 1. The van der Waals surface area contributed by atoms with Gasteiger partial charge in [0.05, 0.1) is 6.21 Å². The second-order valence-electron chi connectivity index (χ2n) is 4.67. The van der Waals surface area contributed by atoms with E-state index in [1.165, 1.54) is 0 Å². The molecule has 0 fully saturated rings. The largest absolute Gasteiger partial charge is 0.378 e. The fourth-order valence-electron chi connectivity index (χ4n) is 1.73. The summed E-state index contributed by atoms with van der Waals surface area (Å²) >= 11 is 2.23. The molecule has 0 atom stereocenters. The predicted octanol–water partition coefficient (Wildman–Crippen LogP) is 3.12. The van der Waals surface area contributed by atoms with Crippen molar-refractivity contribution in [2.24, 2.45) is 5.10 Å². The van der Waals surface area contributed by atoms with Crippen LogP contribution in [0.15, 0.2) is 53.6 Å². The maximum Gasteiger partial charge on any atom is 0.271 e. The maximum absolute atomic E-state index is 12.0. The van der Waals surface area contributed by atoms with E-state index < -0.39 is 0 Å². The van der Waals surface area contributed by atoms with Crippen LogP contribution in [0.4, 0.5) is 5.69 Å². The summed E-state index contributed by atoms with van der Waals surface area (Å²) in [5, 5.41) is 4.01. The lowest BCUT2D eigenvalue weighted by molar-refractivity contribution is 0.0955. The van der Waals surface area contributed by atoms with Crippen molar-refractivity contribution in [3.05, 3.63) is 63.2 Å². The van der Waals surface area contributed by atoms with Gasteiger partial charge in [-0.3, -0.25) is 4.79 Å². The van der Waals surface area contributed by atoms with Gasteiger partial charge in [0.15, 0.2) is 0 Å². The van der Waals surface area contributed by atoms with Crippen LogP contribution >= 0.6 is 22.6 Å². The van der Waals surface area contributed by atoms with Crippen molar-refractivity contribution in [2.45, 2.75) is 0 Å². The third-order valence-corrected chi connectivity index (χ3v) is 3.88. The lowest BCUT2D eigenvalue weighted by atomic mass is 10.2. The summed E-state index contributed by atoms with van der Waals surface area (Å²) in [4.78, 5) is 14.0. The summed E-state index contributed by atoms with van der Waals surface area (Å²) in [5.41, 5.74) is 5.08. The highest BCUT2D eigenvalue weighted by atomic mass is 127. The zero-order valence-corrected chi connectivity index (χ0v) is 14.0. The first-order valence-corrected chi connectivity index (χ1v) is 7.51. The van der Waals surface area contributed by atoms with E-state index in [0.29, 0.717) is 5.56 Å². The number of hydrazone groups is 1. The van der Waals surface area contributed by atoms with Crippen LogP contribution < -0.4 is 10.3 Å². The highest BCUT2D eigenvalue weighted by Crippen LogP contribution is 2.13. The molecular formula is C16H16IN3O. The van der Waals surface area contributed by atoms with Gasteiger partial charge in [-0.2, -0.15) is 5.10 Å². The molecule has 2 rings (SSSR count). The second-order valence-corrected chi connectivity index (χ2v) is 5.83. The number of anilines is 1. The predicted molar refractivity (Wildman–Crippen MR) is 95.0 cm³/mol. The first-order chi connectivity index (χ1) is 10.1. The van der Waals surface area contributed by atoms with E-state index in [2.05, 4.69) is 33.1 Å². The van der Waals surface area contributed by atoms with Gasteiger partial charge >= 0.3 is 0 Å². The Balaban J connectivity index is 2.05. The van der Waals surface area contributed by atoms with E-state index in [4.69, 9.17) is 0 Å². The number of carbonyl (C=O) groups excluding carboxylic acids is 1. The molecule has 0 aliphatic heterocycles. The number of amides is 1. The van der Waals surface area contributed by atoms with Gasteiger partial charge in [-0.05, 0) is 46.9 Å². The molecule has 0 unspecified atom stereocenters. The summed E-state index contributed by atoms with van der Waals surface area (Å²) < 4.78 is 1.09. The molecule has 0 bridgehead atoms. The number of halogens is 1. The highest BCUT2D eigenvalue weighted by Gasteiger charge is 2.05. The molecule has 0 heterocycles. The van der Waals surface area contributed by atoms with E-state index in [9.17, 15) is 4.79 Å². The molecule has 0 radical (unpaired) electrons. The van der Waals surface area contributed by atoms with Gasteiger partial charge in [0.2, 0.25) is 0 Å². The highest BCUT2D eigenvalue weighted by molar-refractivity contribution is 14.1. The molecule has 0 aliphatic carbocycles. The average molecular weight is 393 g/mol. The number of hydrogen-bond acceptors (Lipinski definition) is 3. The number of nitrogens with zero attached hydrogens (tertiary/aromatic N) is 2. The van der Waals surface area contributed by atoms with Crippen molar-refractivity contribution < 1.29 is 4.79 Å². The molecule has 0 saturated carbocycles. The number of benzene rings is 2. The van der Waals surface area contributed by atoms with Crippen LogP contribution in [0.25, 0.3) is 0 Å². The van der Waals surface area contributed by atoms with Crippen LogP contribution in [0, 0.1) is 3.57 Å². The standard InChI is InChI=1S/C16H16IN3O/c1-20(2)14-8-5-7-12(10-14)16(21)19-18-11-13-6-3-4-9-15(13)17/h3-11H,1-2H3,(H,19,21)/b18-11-. The first kappa shape index (κ1) is 15.5. The Morgan fingerprint density at radius 2 is 1.95 bits per heavy atom. The molecule has 108 valence electrons.